The number of nitrogens with zero attached hydrogens (tertiary/aromatic N) is 1. The van der Waals surface area contributed by atoms with E-state index >= 15 is 0 Å². The van der Waals surface area contributed by atoms with Crippen LogP contribution in [0.2, 0.25) is 0 Å². The summed E-state index contributed by atoms with van der Waals surface area (Å²) in [5.74, 6) is -2.99. The minimum absolute atomic E-state index is 0.0670. The van der Waals surface area contributed by atoms with Gasteiger partial charge in [-0.3, -0.25) is 24.2 Å². The quantitative estimate of drug-likeness (QED) is 0.0640. The molecule has 0 radical (unpaired) electrons. The molecular weight excluding hydrogens is 516 g/mol. The molecule has 2 aromatic carbocycles. The van der Waals surface area contributed by atoms with E-state index in [1.165, 1.54) is 0 Å². The Bertz CT molecular complexity index is 1140. The summed E-state index contributed by atoms with van der Waals surface area (Å²) in [6.45, 7) is -0.500. The van der Waals surface area contributed by atoms with Crippen LogP contribution in [0.25, 0.3) is 0 Å². The third-order valence-electron chi connectivity index (χ3n) is 5.97. The van der Waals surface area contributed by atoms with E-state index in [0.717, 1.165) is 11.1 Å². The van der Waals surface area contributed by atoms with Gasteiger partial charge in [-0.25, -0.2) is 0 Å². The van der Waals surface area contributed by atoms with Gasteiger partial charge >= 0.3 is 0 Å². The van der Waals surface area contributed by atoms with Gasteiger partial charge < -0.3 is 44.0 Å². The Kier molecular flexibility index (Phi) is 13.1. The van der Waals surface area contributed by atoms with Crippen molar-refractivity contribution in [3.8, 4) is 0 Å². The van der Waals surface area contributed by atoms with Gasteiger partial charge in [0.2, 0.25) is 23.6 Å². The molecule has 2 aromatic rings. The lowest BCUT2D eigenvalue weighted by molar-refractivity contribution is -0.134. The molecule has 0 aliphatic carbocycles. The van der Waals surface area contributed by atoms with Crippen LogP contribution < -0.4 is 38.9 Å². The first-order valence-corrected chi connectivity index (χ1v) is 12.8. The highest BCUT2D eigenvalue weighted by molar-refractivity contribution is 5.94. The molecule has 12 N–H and O–H groups in total. The van der Waals surface area contributed by atoms with Crippen molar-refractivity contribution in [1.82, 2.24) is 16.0 Å². The number of carbonyl (C=O) groups is 4. The SMILES string of the molecule is NC(=O)[C@H](CCCN=C(N)N)NC(=O)[C@H](Cc1ccccc1)NC(=O)[C@H](CO)NC(=O)[C@@H](N)Cc1ccccc1. The Balaban J connectivity index is 2.10. The van der Waals surface area contributed by atoms with Crippen molar-refractivity contribution in [3.05, 3.63) is 71.8 Å². The maximum atomic E-state index is 13.2. The molecule has 0 bridgehead atoms. The molecule has 0 unspecified atom stereocenters. The minimum atomic E-state index is -1.37. The van der Waals surface area contributed by atoms with E-state index in [1.54, 1.807) is 30.3 Å². The van der Waals surface area contributed by atoms with Gasteiger partial charge in [0, 0.05) is 13.0 Å². The topological polar surface area (TPSA) is 241 Å². The first-order valence-electron chi connectivity index (χ1n) is 12.8. The van der Waals surface area contributed by atoms with Crippen LogP contribution in [0.15, 0.2) is 65.7 Å². The van der Waals surface area contributed by atoms with Gasteiger partial charge in [0.15, 0.2) is 5.96 Å². The summed E-state index contributed by atoms with van der Waals surface area (Å²) in [4.78, 5) is 54.7. The third-order valence-corrected chi connectivity index (χ3v) is 5.97. The monoisotopic (exact) mass is 554 g/mol. The molecule has 0 aromatic heterocycles. The van der Waals surface area contributed by atoms with E-state index in [4.69, 9.17) is 22.9 Å². The van der Waals surface area contributed by atoms with E-state index in [0.29, 0.717) is 6.42 Å². The summed E-state index contributed by atoms with van der Waals surface area (Å²) in [7, 11) is 0. The molecule has 2 rings (SSSR count). The minimum Gasteiger partial charge on any atom is -0.394 e. The van der Waals surface area contributed by atoms with Gasteiger partial charge in [0.1, 0.15) is 18.1 Å². The molecule has 0 saturated carbocycles. The summed E-state index contributed by atoms with van der Waals surface area (Å²) < 4.78 is 0. The van der Waals surface area contributed by atoms with Crippen LogP contribution >= 0.6 is 0 Å². The summed E-state index contributed by atoms with van der Waals surface area (Å²) in [6.07, 6.45) is 0.822. The molecule has 0 aliphatic heterocycles. The van der Waals surface area contributed by atoms with Crippen LogP contribution in [0.3, 0.4) is 0 Å². The fourth-order valence-electron chi connectivity index (χ4n) is 3.83. The number of benzene rings is 2. The Morgan fingerprint density at radius 2 is 1.23 bits per heavy atom. The fourth-order valence-corrected chi connectivity index (χ4v) is 3.83. The van der Waals surface area contributed by atoms with Gasteiger partial charge in [-0.1, -0.05) is 60.7 Å². The summed E-state index contributed by atoms with van der Waals surface area (Å²) in [5, 5.41) is 17.4. The second-order valence-corrected chi connectivity index (χ2v) is 9.20. The van der Waals surface area contributed by atoms with Gasteiger partial charge in [-0.15, -0.1) is 0 Å². The zero-order chi connectivity index (χ0) is 29.5. The van der Waals surface area contributed by atoms with Crippen molar-refractivity contribution in [3.63, 3.8) is 0 Å². The largest absolute Gasteiger partial charge is 0.394 e. The lowest BCUT2D eigenvalue weighted by Crippen LogP contribution is -2.59. The fraction of sp³-hybridized carbons (Fsp3) is 0.370. The number of primary amides is 1. The molecular formula is C27H38N8O5. The Hall–Kier alpha value is -4.49. The van der Waals surface area contributed by atoms with Gasteiger partial charge in [-0.05, 0) is 30.4 Å². The van der Waals surface area contributed by atoms with Crippen LogP contribution in [0.5, 0.6) is 0 Å². The molecule has 40 heavy (non-hydrogen) atoms. The van der Waals surface area contributed by atoms with E-state index in [-0.39, 0.29) is 31.8 Å². The van der Waals surface area contributed by atoms with Gasteiger partial charge in [0.25, 0.3) is 0 Å². The highest BCUT2D eigenvalue weighted by atomic mass is 16.3. The van der Waals surface area contributed by atoms with Crippen molar-refractivity contribution in [2.45, 2.75) is 49.9 Å². The molecule has 216 valence electrons. The predicted molar refractivity (Wildman–Crippen MR) is 150 cm³/mol. The zero-order valence-electron chi connectivity index (χ0n) is 22.2. The molecule has 4 atom stereocenters. The molecule has 0 aliphatic rings. The molecule has 0 spiro atoms. The number of rotatable bonds is 16. The number of aliphatic imine (C=N–C) groups is 1. The lowest BCUT2D eigenvalue weighted by Gasteiger charge is -2.25. The molecule has 0 saturated heterocycles. The van der Waals surface area contributed by atoms with Crippen molar-refractivity contribution in [2.75, 3.05) is 13.2 Å². The average Bonchev–Trinajstić information content (AvgIpc) is 2.93. The number of nitrogens with one attached hydrogen (secondary N) is 3. The number of nitrogens with two attached hydrogens (primary N) is 4. The predicted octanol–water partition coefficient (Wildman–Crippen LogP) is -2.22. The Labute approximate surface area is 232 Å². The van der Waals surface area contributed by atoms with Crippen LogP contribution in [-0.2, 0) is 32.0 Å². The first-order chi connectivity index (χ1) is 19.1. The second kappa shape index (κ2) is 16.5. The number of aliphatic hydroxyl groups is 1. The van der Waals surface area contributed by atoms with E-state index in [1.807, 2.05) is 30.3 Å². The highest BCUT2D eigenvalue weighted by Crippen LogP contribution is 2.07. The number of aliphatic hydroxyl groups excluding tert-OH is 1. The lowest BCUT2D eigenvalue weighted by atomic mass is 10.0. The van der Waals surface area contributed by atoms with E-state index in [2.05, 4.69) is 20.9 Å². The van der Waals surface area contributed by atoms with Crippen molar-refractivity contribution >= 4 is 29.6 Å². The molecule has 0 heterocycles. The van der Waals surface area contributed by atoms with E-state index in [9.17, 15) is 24.3 Å². The van der Waals surface area contributed by atoms with Gasteiger partial charge in [0.05, 0.1) is 12.6 Å². The normalized spacial score (nSPS) is 13.7. The average molecular weight is 555 g/mol. The maximum absolute atomic E-state index is 13.2. The number of hydrogen-bond acceptors (Lipinski definition) is 7. The summed E-state index contributed by atoms with van der Waals surface area (Å²) in [5.41, 5.74) is 23.6. The molecule has 4 amide bonds. The standard InChI is InChI=1S/C27H38N8O5/c28-19(14-17-8-3-1-4-9-17)24(38)35-22(16-36)26(40)34-21(15-18-10-5-2-6-11-18)25(39)33-20(23(29)37)12-7-13-32-27(30)31/h1-6,8-11,19-22,36H,7,12-16,28H2,(H2,29,37)(H,33,39)(H,34,40)(H,35,38)(H4,30,31,32)/t19-,20-,21-,22-/m0/s1. The number of carbonyl (C=O) groups excluding carboxylic acids is 4. The number of amides is 4. The highest BCUT2D eigenvalue weighted by Gasteiger charge is 2.30. The van der Waals surface area contributed by atoms with E-state index < -0.39 is 54.4 Å². The maximum Gasteiger partial charge on any atom is 0.245 e. The van der Waals surface area contributed by atoms with Crippen molar-refractivity contribution < 1.29 is 24.3 Å². The van der Waals surface area contributed by atoms with Crippen LogP contribution in [0, 0.1) is 0 Å². The second-order valence-electron chi connectivity index (χ2n) is 9.20. The zero-order valence-corrected chi connectivity index (χ0v) is 22.2. The smallest absolute Gasteiger partial charge is 0.245 e. The van der Waals surface area contributed by atoms with Crippen molar-refractivity contribution in [1.29, 1.82) is 0 Å². The summed E-state index contributed by atoms with van der Waals surface area (Å²) >= 11 is 0. The Morgan fingerprint density at radius 3 is 1.75 bits per heavy atom. The van der Waals surface area contributed by atoms with Crippen LogP contribution in [0.1, 0.15) is 24.0 Å². The van der Waals surface area contributed by atoms with Crippen LogP contribution in [-0.4, -0.2) is 72.0 Å². The first kappa shape index (κ1) is 31.7. The van der Waals surface area contributed by atoms with Crippen molar-refractivity contribution in [2.24, 2.45) is 27.9 Å². The number of hydrogen-bond donors (Lipinski definition) is 8. The third kappa shape index (κ3) is 11.1. The van der Waals surface area contributed by atoms with Crippen LogP contribution in [0.4, 0.5) is 0 Å². The Morgan fingerprint density at radius 1 is 0.725 bits per heavy atom. The number of guanidine groups is 1. The summed E-state index contributed by atoms with van der Waals surface area (Å²) in [6, 6.07) is 13.4. The van der Waals surface area contributed by atoms with Gasteiger partial charge in [-0.2, -0.15) is 0 Å². The molecule has 13 nitrogen and oxygen atoms in total. The molecule has 0 fully saturated rings. The molecule has 13 heteroatoms.